The molecule has 0 aliphatic carbocycles. The molecular weight excluding hydrogens is 364 g/mol. The summed E-state index contributed by atoms with van der Waals surface area (Å²) in [7, 11) is 0. The Balaban J connectivity index is 1.46. The van der Waals surface area contributed by atoms with E-state index in [0.29, 0.717) is 42.4 Å². The molecule has 0 radical (unpaired) electrons. The first-order valence-electron chi connectivity index (χ1n) is 10.9. The monoisotopic (exact) mass is 396 g/mol. The molecule has 0 bridgehead atoms. The highest BCUT2D eigenvalue weighted by Gasteiger charge is 2.39. The molecule has 156 valence electrons. The maximum atomic E-state index is 12.5. The van der Waals surface area contributed by atoms with Crippen molar-refractivity contribution in [2.75, 3.05) is 19.6 Å². The molecular formula is C23H32N4O2. The average molecular weight is 397 g/mol. The number of pyridine rings is 1. The molecule has 6 heteroatoms. The summed E-state index contributed by atoms with van der Waals surface area (Å²) in [5.41, 5.74) is 2.62. The summed E-state index contributed by atoms with van der Waals surface area (Å²) >= 11 is 0. The molecule has 4 heterocycles. The predicted molar refractivity (Wildman–Crippen MR) is 114 cm³/mol. The molecule has 2 saturated heterocycles. The lowest BCUT2D eigenvalue weighted by atomic mass is 9.83. The molecule has 1 amide bonds. The van der Waals surface area contributed by atoms with Crippen LogP contribution in [0, 0.1) is 18.8 Å². The van der Waals surface area contributed by atoms with Crippen molar-refractivity contribution < 1.29 is 4.79 Å². The summed E-state index contributed by atoms with van der Waals surface area (Å²) < 4.78 is 1.60. The molecule has 0 N–H and O–H groups in total. The number of aryl methyl sites for hydroxylation is 1. The number of carbonyl (C=O) groups excluding carboxylic acids is 1. The first-order chi connectivity index (χ1) is 13.9. The Kier molecular flexibility index (Phi) is 5.72. The number of carbonyl (C=O) groups is 1. The normalized spacial score (nSPS) is 23.0. The van der Waals surface area contributed by atoms with E-state index in [-0.39, 0.29) is 5.56 Å². The Morgan fingerprint density at radius 2 is 2.03 bits per heavy atom. The summed E-state index contributed by atoms with van der Waals surface area (Å²) in [4.78, 5) is 34.2. The Hall–Kier alpha value is -2.21. The van der Waals surface area contributed by atoms with Crippen molar-refractivity contribution in [1.82, 2.24) is 19.2 Å². The zero-order chi connectivity index (χ0) is 20.5. The predicted octanol–water partition coefficient (Wildman–Crippen LogP) is 2.86. The van der Waals surface area contributed by atoms with Gasteiger partial charge in [-0.3, -0.25) is 18.9 Å². The molecule has 0 spiro atoms. The highest BCUT2D eigenvalue weighted by atomic mass is 16.2. The van der Waals surface area contributed by atoms with Gasteiger partial charge in [0.05, 0.1) is 5.69 Å². The van der Waals surface area contributed by atoms with Crippen molar-refractivity contribution >= 4 is 11.6 Å². The second kappa shape index (κ2) is 8.27. The van der Waals surface area contributed by atoms with E-state index in [9.17, 15) is 9.59 Å². The summed E-state index contributed by atoms with van der Waals surface area (Å²) in [5, 5.41) is 0. The van der Waals surface area contributed by atoms with Crippen molar-refractivity contribution in [3.05, 3.63) is 46.0 Å². The van der Waals surface area contributed by atoms with Gasteiger partial charge in [0.2, 0.25) is 5.91 Å². The molecule has 2 aliphatic heterocycles. The molecule has 2 aliphatic rings. The quantitative estimate of drug-likeness (QED) is 0.780. The average Bonchev–Trinajstić information content (AvgIpc) is 2.66. The van der Waals surface area contributed by atoms with Crippen LogP contribution in [0.5, 0.6) is 0 Å². The fraction of sp³-hybridized carbons (Fsp3) is 0.609. The molecule has 2 aromatic heterocycles. The topological polar surface area (TPSA) is 57.9 Å². The van der Waals surface area contributed by atoms with Crippen LogP contribution in [0.1, 0.15) is 50.8 Å². The minimum atomic E-state index is -0.0250. The summed E-state index contributed by atoms with van der Waals surface area (Å²) in [6, 6.07) is 5.92. The molecule has 29 heavy (non-hydrogen) atoms. The highest BCUT2D eigenvalue weighted by Crippen LogP contribution is 2.32. The second-order valence-electron chi connectivity index (χ2n) is 9.18. The van der Waals surface area contributed by atoms with Crippen LogP contribution in [0.25, 0.3) is 5.65 Å². The number of hydrogen-bond donors (Lipinski definition) is 0. The van der Waals surface area contributed by atoms with Crippen molar-refractivity contribution in [1.29, 1.82) is 0 Å². The Bertz CT molecular complexity index is 952. The van der Waals surface area contributed by atoms with Gasteiger partial charge in [-0.25, -0.2) is 4.98 Å². The van der Waals surface area contributed by atoms with Crippen LogP contribution in [0.2, 0.25) is 0 Å². The zero-order valence-corrected chi connectivity index (χ0v) is 17.8. The summed E-state index contributed by atoms with van der Waals surface area (Å²) in [6.45, 7) is 9.96. The number of fused-ring (bicyclic) bond motifs is 2. The number of hydrogen-bond acceptors (Lipinski definition) is 4. The first kappa shape index (κ1) is 20.1. The number of aromatic nitrogens is 2. The van der Waals surface area contributed by atoms with E-state index in [1.54, 1.807) is 16.7 Å². The van der Waals surface area contributed by atoms with E-state index in [1.807, 2.05) is 19.1 Å². The van der Waals surface area contributed by atoms with Crippen molar-refractivity contribution in [3.63, 3.8) is 0 Å². The van der Waals surface area contributed by atoms with E-state index in [1.165, 1.54) is 0 Å². The van der Waals surface area contributed by atoms with Crippen molar-refractivity contribution in [2.24, 2.45) is 11.8 Å². The number of rotatable bonds is 5. The first-order valence-corrected chi connectivity index (χ1v) is 10.9. The van der Waals surface area contributed by atoms with Crippen LogP contribution in [-0.2, 0) is 11.3 Å². The standard InChI is InChI=1S/C23H32N4O2/c1-16(2)6-10-26-20-8-9-25(14-18(20)4-5-22(26)28)15-19-13-23(29)27-11-7-17(3)12-21(27)24-19/h7,11-13,16,18,20H,4-6,8-10,14-15H2,1-3H3/t18-,20+/m0/s1. The smallest absolute Gasteiger partial charge is 0.258 e. The van der Waals surface area contributed by atoms with Crippen LogP contribution in [0.3, 0.4) is 0 Å². The van der Waals surface area contributed by atoms with Gasteiger partial charge in [0.1, 0.15) is 5.65 Å². The fourth-order valence-electron chi connectivity index (χ4n) is 4.82. The van der Waals surface area contributed by atoms with Crippen LogP contribution in [0.15, 0.2) is 29.2 Å². The molecule has 2 aromatic rings. The Morgan fingerprint density at radius 3 is 2.83 bits per heavy atom. The van der Waals surface area contributed by atoms with Crippen LogP contribution in [-0.4, -0.2) is 50.8 Å². The van der Waals surface area contributed by atoms with Gasteiger partial charge < -0.3 is 4.90 Å². The second-order valence-corrected chi connectivity index (χ2v) is 9.18. The van der Waals surface area contributed by atoms with Gasteiger partial charge in [-0.05, 0) is 55.7 Å². The lowest BCUT2D eigenvalue weighted by Gasteiger charge is -2.47. The van der Waals surface area contributed by atoms with Gasteiger partial charge in [0, 0.05) is 50.9 Å². The third-order valence-electron chi connectivity index (χ3n) is 6.44. The maximum Gasteiger partial charge on any atom is 0.258 e. The Labute approximate surface area is 172 Å². The van der Waals surface area contributed by atoms with E-state index in [4.69, 9.17) is 4.98 Å². The molecule has 6 nitrogen and oxygen atoms in total. The SMILES string of the molecule is Cc1ccn2c(=O)cc(CN3CC[C@@H]4[C@@H](CCC(=O)N4CCC(C)C)C3)nc2c1. The number of nitrogens with zero attached hydrogens (tertiary/aromatic N) is 4. The molecule has 2 fully saturated rings. The van der Waals surface area contributed by atoms with E-state index in [0.717, 1.165) is 50.2 Å². The molecule has 4 rings (SSSR count). The molecule has 0 aromatic carbocycles. The fourth-order valence-corrected chi connectivity index (χ4v) is 4.82. The molecule has 0 unspecified atom stereocenters. The van der Waals surface area contributed by atoms with Crippen LogP contribution >= 0.6 is 0 Å². The van der Waals surface area contributed by atoms with Gasteiger partial charge >= 0.3 is 0 Å². The third-order valence-corrected chi connectivity index (χ3v) is 6.44. The van der Waals surface area contributed by atoms with Crippen LogP contribution in [0.4, 0.5) is 0 Å². The molecule has 0 saturated carbocycles. The summed E-state index contributed by atoms with van der Waals surface area (Å²) in [5.74, 6) is 1.47. The summed E-state index contributed by atoms with van der Waals surface area (Å²) in [6.07, 6.45) is 5.52. The Morgan fingerprint density at radius 1 is 1.21 bits per heavy atom. The zero-order valence-electron chi connectivity index (χ0n) is 17.8. The van der Waals surface area contributed by atoms with Gasteiger partial charge in [0.25, 0.3) is 5.56 Å². The van der Waals surface area contributed by atoms with Gasteiger partial charge in [-0.15, -0.1) is 0 Å². The minimum absolute atomic E-state index is 0.0250. The van der Waals surface area contributed by atoms with Gasteiger partial charge in [-0.1, -0.05) is 13.8 Å². The van der Waals surface area contributed by atoms with E-state index < -0.39 is 0 Å². The van der Waals surface area contributed by atoms with E-state index >= 15 is 0 Å². The van der Waals surface area contributed by atoms with E-state index in [2.05, 4.69) is 23.6 Å². The van der Waals surface area contributed by atoms with Crippen molar-refractivity contribution in [3.8, 4) is 0 Å². The number of likely N-dealkylation sites (tertiary alicyclic amines) is 2. The minimum Gasteiger partial charge on any atom is -0.339 e. The number of piperidine rings is 2. The highest BCUT2D eigenvalue weighted by molar-refractivity contribution is 5.77. The van der Waals surface area contributed by atoms with Gasteiger partial charge in [0.15, 0.2) is 0 Å². The van der Waals surface area contributed by atoms with Crippen molar-refractivity contribution in [2.45, 2.75) is 59.0 Å². The lowest BCUT2D eigenvalue weighted by Crippen LogP contribution is -2.56. The maximum absolute atomic E-state index is 12.5. The largest absolute Gasteiger partial charge is 0.339 e. The third kappa shape index (κ3) is 4.37. The van der Waals surface area contributed by atoms with Crippen LogP contribution < -0.4 is 5.56 Å². The molecule has 2 atom stereocenters. The lowest BCUT2D eigenvalue weighted by molar-refractivity contribution is -0.141. The van der Waals surface area contributed by atoms with Gasteiger partial charge in [-0.2, -0.15) is 0 Å². The number of amides is 1.